The summed E-state index contributed by atoms with van der Waals surface area (Å²) in [5, 5.41) is 12.2. The first-order valence-electron chi connectivity index (χ1n) is 11.1. The van der Waals surface area contributed by atoms with Crippen LogP contribution >= 0.6 is 11.6 Å². The third-order valence-corrected chi connectivity index (χ3v) is 6.27. The lowest BCUT2D eigenvalue weighted by Gasteiger charge is -2.27. The van der Waals surface area contributed by atoms with E-state index in [0.29, 0.717) is 48.7 Å². The molecule has 2 aromatic rings. The molecule has 33 heavy (non-hydrogen) atoms. The fraction of sp³-hybridized carbons (Fsp3) is 0.400. The molecule has 0 bridgehead atoms. The minimum Gasteiger partial charge on any atom is -0.497 e. The van der Waals surface area contributed by atoms with Crippen molar-refractivity contribution in [3.05, 3.63) is 58.6 Å². The summed E-state index contributed by atoms with van der Waals surface area (Å²) in [4.78, 5) is 29.5. The number of nitrogens with zero attached hydrogens (tertiary/aromatic N) is 3. The van der Waals surface area contributed by atoms with E-state index in [0.717, 1.165) is 24.3 Å². The summed E-state index contributed by atoms with van der Waals surface area (Å²) in [7, 11) is 1.63. The van der Waals surface area contributed by atoms with Crippen molar-refractivity contribution in [2.24, 2.45) is 0 Å². The highest BCUT2D eigenvalue weighted by Crippen LogP contribution is 2.21. The van der Waals surface area contributed by atoms with Gasteiger partial charge in [0, 0.05) is 38.3 Å². The molecule has 3 rings (SSSR count). The van der Waals surface area contributed by atoms with E-state index >= 15 is 0 Å². The molecule has 174 valence electrons. The van der Waals surface area contributed by atoms with Gasteiger partial charge in [0.05, 0.1) is 23.7 Å². The van der Waals surface area contributed by atoms with E-state index in [2.05, 4.69) is 10.2 Å². The van der Waals surface area contributed by atoms with E-state index in [1.54, 1.807) is 25.3 Å². The average Bonchev–Trinajstić information content (AvgIpc) is 3.09. The largest absolute Gasteiger partial charge is 0.497 e. The molecular formula is C25H29ClN4O3. The van der Waals surface area contributed by atoms with E-state index in [9.17, 15) is 9.59 Å². The van der Waals surface area contributed by atoms with Crippen LogP contribution in [0.25, 0.3) is 0 Å². The van der Waals surface area contributed by atoms with Gasteiger partial charge in [-0.1, -0.05) is 23.7 Å². The number of hydrogen-bond donors (Lipinski definition) is 1. The Balaban J connectivity index is 1.49. The molecule has 0 aromatic heterocycles. The number of methoxy groups -OCH3 is 1. The second kappa shape index (κ2) is 11.7. The van der Waals surface area contributed by atoms with Gasteiger partial charge in [0.25, 0.3) is 0 Å². The number of carbonyl (C=O) groups excluding carboxylic acids is 2. The maximum absolute atomic E-state index is 12.8. The first-order chi connectivity index (χ1) is 15.9. The summed E-state index contributed by atoms with van der Waals surface area (Å²) in [6.45, 7) is 4.53. The Morgan fingerprint density at radius 1 is 1.15 bits per heavy atom. The van der Waals surface area contributed by atoms with E-state index in [4.69, 9.17) is 21.6 Å². The Kier molecular flexibility index (Phi) is 8.70. The second-order valence-electron chi connectivity index (χ2n) is 8.09. The van der Waals surface area contributed by atoms with Crippen LogP contribution in [0.1, 0.15) is 30.9 Å². The number of anilines is 1. The molecule has 0 spiro atoms. The Bertz CT molecular complexity index is 1020. The lowest BCUT2D eigenvalue weighted by atomic mass is 10.1. The average molecular weight is 469 g/mol. The number of aryl methyl sites for hydroxylation is 1. The molecular weight excluding hydrogens is 440 g/mol. The molecule has 0 aliphatic carbocycles. The van der Waals surface area contributed by atoms with Crippen LogP contribution in [0.5, 0.6) is 5.75 Å². The lowest BCUT2D eigenvalue weighted by molar-refractivity contribution is -0.131. The maximum Gasteiger partial charge on any atom is 0.241 e. The van der Waals surface area contributed by atoms with Crippen molar-refractivity contribution in [3.63, 3.8) is 0 Å². The number of hydrogen-bond acceptors (Lipinski definition) is 5. The number of nitrogens with one attached hydrogen (secondary N) is 1. The SMILES string of the molecule is COc1ccc(CCC(=O)N2CCCN(C(C)C(=O)Nc3ccc(C#N)c(Cl)c3)CC2)cc1. The highest BCUT2D eigenvalue weighted by atomic mass is 35.5. The van der Waals surface area contributed by atoms with Gasteiger partial charge >= 0.3 is 0 Å². The van der Waals surface area contributed by atoms with Crippen molar-refractivity contribution in [3.8, 4) is 11.8 Å². The van der Waals surface area contributed by atoms with Crippen molar-refractivity contribution < 1.29 is 14.3 Å². The van der Waals surface area contributed by atoms with Gasteiger partial charge < -0.3 is 15.0 Å². The number of ether oxygens (including phenoxy) is 1. The summed E-state index contributed by atoms with van der Waals surface area (Å²) in [6.07, 6.45) is 1.96. The molecule has 1 heterocycles. The molecule has 7 nitrogen and oxygen atoms in total. The molecule has 2 amide bonds. The number of halogens is 1. The molecule has 8 heteroatoms. The third-order valence-electron chi connectivity index (χ3n) is 5.95. The molecule has 1 unspecified atom stereocenters. The summed E-state index contributed by atoms with van der Waals surface area (Å²) in [5.74, 6) is 0.796. The molecule has 1 N–H and O–H groups in total. The summed E-state index contributed by atoms with van der Waals surface area (Å²) in [5.41, 5.74) is 2.03. The van der Waals surface area contributed by atoms with Gasteiger partial charge in [0.15, 0.2) is 0 Å². The number of carbonyl (C=O) groups is 2. The zero-order chi connectivity index (χ0) is 23.8. The molecule has 0 radical (unpaired) electrons. The molecule has 2 aromatic carbocycles. The zero-order valence-electron chi connectivity index (χ0n) is 19.0. The third kappa shape index (κ3) is 6.70. The first-order valence-corrected chi connectivity index (χ1v) is 11.4. The number of rotatable bonds is 7. The first kappa shape index (κ1) is 24.6. The van der Waals surface area contributed by atoms with Crippen LogP contribution in [-0.2, 0) is 16.0 Å². The van der Waals surface area contributed by atoms with Gasteiger partial charge in [-0.2, -0.15) is 5.26 Å². The van der Waals surface area contributed by atoms with Gasteiger partial charge in [-0.15, -0.1) is 0 Å². The molecule has 1 fully saturated rings. The Morgan fingerprint density at radius 2 is 1.91 bits per heavy atom. The summed E-state index contributed by atoms with van der Waals surface area (Å²) < 4.78 is 5.17. The van der Waals surface area contributed by atoms with Crippen LogP contribution in [0, 0.1) is 11.3 Å². The van der Waals surface area contributed by atoms with E-state index in [1.165, 1.54) is 0 Å². The Hall–Kier alpha value is -3.08. The molecule has 1 aliphatic heterocycles. The van der Waals surface area contributed by atoms with Crippen molar-refractivity contribution in [1.29, 1.82) is 5.26 Å². The van der Waals surface area contributed by atoms with Crippen LogP contribution < -0.4 is 10.1 Å². The van der Waals surface area contributed by atoms with Gasteiger partial charge in [-0.3, -0.25) is 14.5 Å². The molecule has 0 saturated carbocycles. The second-order valence-corrected chi connectivity index (χ2v) is 8.50. The summed E-state index contributed by atoms with van der Waals surface area (Å²) >= 11 is 6.06. The van der Waals surface area contributed by atoms with E-state index < -0.39 is 0 Å². The molecule has 1 atom stereocenters. The maximum atomic E-state index is 12.8. The normalized spacial score (nSPS) is 15.3. The standard InChI is InChI=1S/C25H29ClN4O3/c1-18(25(32)28-21-8-7-20(17-27)23(26)16-21)29-12-3-13-30(15-14-29)24(31)11-6-19-4-9-22(33-2)10-5-19/h4-5,7-10,16,18H,3,6,11-15H2,1-2H3,(H,28,32). The van der Waals surface area contributed by atoms with Crippen molar-refractivity contribution in [2.45, 2.75) is 32.2 Å². The molecule has 1 aliphatic rings. The van der Waals surface area contributed by atoms with Crippen LogP contribution in [0.2, 0.25) is 5.02 Å². The van der Waals surface area contributed by atoms with E-state index in [1.807, 2.05) is 42.2 Å². The predicted octanol–water partition coefficient (Wildman–Crippen LogP) is 3.71. The summed E-state index contributed by atoms with van der Waals surface area (Å²) in [6, 6.07) is 14.3. The minimum absolute atomic E-state index is 0.136. The van der Waals surface area contributed by atoms with Crippen LogP contribution in [-0.4, -0.2) is 60.9 Å². The highest BCUT2D eigenvalue weighted by Gasteiger charge is 2.25. The predicted molar refractivity (Wildman–Crippen MR) is 128 cm³/mol. The smallest absolute Gasteiger partial charge is 0.241 e. The van der Waals surface area contributed by atoms with Crippen LogP contribution in [0.15, 0.2) is 42.5 Å². The fourth-order valence-electron chi connectivity index (χ4n) is 3.87. The number of nitriles is 1. The lowest BCUT2D eigenvalue weighted by Crippen LogP contribution is -2.44. The Labute approximate surface area is 199 Å². The monoisotopic (exact) mass is 468 g/mol. The van der Waals surface area contributed by atoms with Gasteiger partial charge in [-0.25, -0.2) is 0 Å². The quantitative estimate of drug-likeness (QED) is 0.669. The Morgan fingerprint density at radius 3 is 2.58 bits per heavy atom. The number of amides is 2. The van der Waals surface area contributed by atoms with Gasteiger partial charge in [0.2, 0.25) is 11.8 Å². The van der Waals surface area contributed by atoms with Gasteiger partial charge in [0.1, 0.15) is 11.8 Å². The van der Waals surface area contributed by atoms with Crippen LogP contribution in [0.4, 0.5) is 5.69 Å². The van der Waals surface area contributed by atoms with Crippen LogP contribution in [0.3, 0.4) is 0 Å². The van der Waals surface area contributed by atoms with Crippen molar-refractivity contribution >= 4 is 29.1 Å². The van der Waals surface area contributed by atoms with Crippen molar-refractivity contribution in [1.82, 2.24) is 9.80 Å². The highest BCUT2D eigenvalue weighted by molar-refractivity contribution is 6.32. The topological polar surface area (TPSA) is 85.7 Å². The zero-order valence-corrected chi connectivity index (χ0v) is 19.8. The molecule has 1 saturated heterocycles. The van der Waals surface area contributed by atoms with Gasteiger partial charge in [-0.05, 0) is 55.7 Å². The van der Waals surface area contributed by atoms with E-state index in [-0.39, 0.29) is 17.9 Å². The number of benzene rings is 2. The van der Waals surface area contributed by atoms with Crippen molar-refractivity contribution in [2.75, 3.05) is 38.6 Å². The minimum atomic E-state index is -0.353. The fourth-order valence-corrected chi connectivity index (χ4v) is 4.09.